The van der Waals surface area contributed by atoms with Gasteiger partial charge in [-0.25, -0.2) is 4.98 Å². The Morgan fingerprint density at radius 3 is 2.42 bits per heavy atom. The smallest absolute Gasteiger partial charge is 0.296 e. The van der Waals surface area contributed by atoms with E-state index >= 15 is 0 Å². The van der Waals surface area contributed by atoms with E-state index in [1.165, 1.54) is 6.20 Å². The van der Waals surface area contributed by atoms with Crippen molar-refractivity contribution >= 4 is 52.0 Å². The Labute approximate surface area is 329 Å². The highest BCUT2D eigenvalue weighted by Gasteiger charge is 2.47. The van der Waals surface area contributed by atoms with Crippen molar-refractivity contribution in [3.05, 3.63) is 47.6 Å². The molecule has 6 rings (SSSR count). The molecule has 0 bridgehead atoms. The summed E-state index contributed by atoms with van der Waals surface area (Å²) < 4.78 is 12.2. The van der Waals surface area contributed by atoms with E-state index in [9.17, 15) is 24.3 Å². The summed E-state index contributed by atoms with van der Waals surface area (Å²) in [6.07, 6.45) is 8.27. The predicted molar refractivity (Wildman–Crippen MR) is 211 cm³/mol. The minimum absolute atomic E-state index is 0.0365. The lowest BCUT2D eigenvalue weighted by Gasteiger charge is -2.36. The number of ether oxygens (including phenoxy) is 1. The van der Waals surface area contributed by atoms with Gasteiger partial charge < -0.3 is 24.5 Å². The summed E-state index contributed by atoms with van der Waals surface area (Å²) in [7, 11) is 0. The maximum absolute atomic E-state index is 14.9. The van der Waals surface area contributed by atoms with E-state index in [0.717, 1.165) is 44.9 Å². The van der Waals surface area contributed by atoms with Crippen LogP contribution in [0.1, 0.15) is 111 Å². The molecule has 1 saturated heterocycles. The molecule has 0 spiro atoms. The number of anilines is 1. The first-order chi connectivity index (χ1) is 26.3. The number of nitrogens with zero attached hydrogens (tertiary/aromatic N) is 3. The molecule has 2 aromatic heterocycles. The molecule has 3 heterocycles. The third-order valence-electron chi connectivity index (χ3n) is 11.8. The number of hydrogen-bond acceptors (Lipinski definition) is 10. The molecule has 1 amide bonds. The molecule has 11 nitrogen and oxygen atoms in total. The van der Waals surface area contributed by atoms with Crippen molar-refractivity contribution < 1.29 is 33.4 Å². The topological polar surface area (TPSA) is 152 Å². The molecular weight excluding hydrogens is 720 g/mol. The van der Waals surface area contributed by atoms with Gasteiger partial charge >= 0.3 is 0 Å². The van der Waals surface area contributed by atoms with Gasteiger partial charge in [-0.3, -0.25) is 19.2 Å². The largest absolute Gasteiger partial charge is 0.472 e. The number of oxazole rings is 1. The Morgan fingerprint density at radius 1 is 1.02 bits per heavy atom. The number of benzene rings is 1. The van der Waals surface area contributed by atoms with Crippen LogP contribution in [0.2, 0.25) is 5.02 Å². The van der Waals surface area contributed by atoms with Gasteiger partial charge in [0.25, 0.3) is 6.01 Å². The summed E-state index contributed by atoms with van der Waals surface area (Å²) in [6.45, 7) is 7.93. The molecular formula is C43H57ClN4O7. The monoisotopic (exact) mass is 776 g/mol. The lowest BCUT2D eigenvalue weighted by molar-refractivity contribution is -0.146. The summed E-state index contributed by atoms with van der Waals surface area (Å²) in [6, 6.07) is 9.60. The second-order valence-electron chi connectivity index (χ2n) is 17.2. The van der Waals surface area contributed by atoms with Crippen LogP contribution in [0.5, 0.6) is 5.88 Å². The third kappa shape index (κ3) is 10.5. The van der Waals surface area contributed by atoms with Gasteiger partial charge in [-0.1, -0.05) is 77.1 Å². The first kappa shape index (κ1) is 40.8. The lowest BCUT2D eigenvalue weighted by Crippen LogP contribution is -2.49. The fourth-order valence-electron chi connectivity index (χ4n) is 8.45. The molecule has 1 aliphatic heterocycles. The van der Waals surface area contributed by atoms with E-state index in [1.54, 1.807) is 17.0 Å². The summed E-state index contributed by atoms with van der Waals surface area (Å²) in [5.74, 6) is -1.43. The number of fused-ring (bicyclic) bond motifs is 1. The van der Waals surface area contributed by atoms with Gasteiger partial charge in [-0.15, -0.1) is 0 Å². The second-order valence-corrected chi connectivity index (χ2v) is 17.6. The number of aliphatic hydroxyl groups excluding tert-OH is 1. The molecule has 2 aliphatic carbocycles. The Bertz CT molecular complexity index is 1760. The van der Waals surface area contributed by atoms with Crippen molar-refractivity contribution in [2.75, 3.05) is 11.9 Å². The van der Waals surface area contributed by atoms with Gasteiger partial charge in [-0.2, -0.15) is 4.98 Å². The molecule has 3 aromatic rings. The van der Waals surface area contributed by atoms with E-state index in [2.05, 4.69) is 15.3 Å². The van der Waals surface area contributed by atoms with E-state index in [0.29, 0.717) is 47.2 Å². The maximum atomic E-state index is 14.9. The Kier molecular flexibility index (Phi) is 13.3. The van der Waals surface area contributed by atoms with E-state index in [1.807, 2.05) is 52.0 Å². The zero-order valence-electron chi connectivity index (χ0n) is 32.7. The van der Waals surface area contributed by atoms with Crippen LogP contribution in [0.15, 0.2) is 47.0 Å². The fraction of sp³-hybridized carbons (Fsp3) is 0.628. The number of para-hydroxylation sites is 2. The van der Waals surface area contributed by atoms with Crippen molar-refractivity contribution in [3.63, 3.8) is 0 Å². The van der Waals surface area contributed by atoms with Crippen molar-refractivity contribution in [2.24, 2.45) is 29.1 Å². The first-order valence-electron chi connectivity index (χ1n) is 20.3. The van der Waals surface area contributed by atoms with Gasteiger partial charge in [0.1, 0.15) is 17.7 Å². The van der Waals surface area contributed by atoms with Gasteiger partial charge in [0.05, 0.1) is 23.7 Å². The second kappa shape index (κ2) is 18.0. The van der Waals surface area contributed by atoms with Crippen LogP contribution < -0.4 is 10.1 Å². The molecule has 55 heavy (non-hydrogen) atoms. The molecule has 298 valence electrons. The number of aliphatic hydroxyl groups is 1. The minimum Gasteiger partial charge on any atom is -0.472 e. The molecule has 6 atom stereocenters. The molecule has 0 radical (unpaired) electrons. The Balaban J connectivity index is 1.24. The van der Waals surface area contributed by atoms with E-state index < -0.39 is 41.5 Å². The maximum Gasteiger partial charge on any atom is 0.296 e. The standard InChI is InChI=1S/C43H57ClN4O7/c1-5-11-28(40(52)36(51)20-26-16-17-26)21-34(49)33-22-30(54-38-19-18-29(44)24-45-38)25-48(33)41(53)31(43(2,3)4)23-35(50)39(27-12-7-6-8-13-27)47-42-46-32-14-9-10-15-37(32)55-42/h9-10,14-15,18-19,24,26-28,30-31,33,39-40,52H,5-8,11-13,16-17,20-23,25H2,1-4H3,(H,46,47)/t28-,30-,31-,33+,39+,40?/m1/s1. The number of Topliss-reactive ketones (excluding diaryl/α,β-unsaturated/α-hetero) is 3. The van der Waals surface area contributed by atoms with Crippen molar-refractivity contribution in [1.82, 2.24) is 14.9 Å². The van der Waals surface area contributed by atoms with E-state index in [-0.39, 0.29) is 61.0 Å². The van der Waals surface area contributed by atoms with Crippen molar-refractivity contribution in [3.8, 4) is 5.88 Å². The van der Waals surface area contributed by atoms with Crippen LogP contribution >= 0.6 is 11.6 Å². The fourth-order valence-corrected chi connectivity index (χ4v) is 8.56. The molecule has 3 aliphatic rings. The van der Waals surface area contributed by atoms with Crippen LogP contribution in [-0.2, 0) is 19.2 Å². The number of carbonyl (C=O) groups excluding carboxylic acids is 4. The van der Waals surface area contributed by atoms with Crippen LogP contribution in [0.4, 0.5) is 6.01 Å². The first-order valence-corrected chi connectivity index (χ1v) is 20.7. The number of rotatable bonds is 18. The van der Waals surface area contributed by atoms with Gasteiger partial charge in [0.2, 0.25) is 11.8 Å². The summed E-state index contributed by atoms with van der Waals surface area (Å²) >= 11 is 6.06. The zero-order chi connectivity index (χ0) is 39.3. The lowest BCUT2D eigenvalue weighted by atomic mass is 9.74. The molecule has 12 heteroatoms. The van der Waals surface area contributed by atoms with E-state index in [4.69, 9.17) is 20.8 Å². The number of nitrogens with one attached hydrogen (secondary N) is 1. The normalized spacial score (nSPS) is 21.5. The van der Waals surface area contributed by atoms with Crippen molar-refractivity contribution in [2.45, 2.75) is 135 Å². The van der Waals surface area contributed by atoms with Crippen LogP contribution in [0, 0.1) is 29.1 Å². The van der Waals surface area contributed by atoms with Gasteiger partial charge in [-0.05, 0) is 73.5 Å². The number of hydrogen-bond donors (Lipinski definition) is 2. The number of pyridine rings is 1. The summed E-state index contributed by atoms with van der Waals surface area (Å²) in [5, 5.41) is 14.9. The van der Waals surface area contributed by atoms with Gasteiger partial charge in [0, 0.05) is 43.9 Å². The average Bonchev–Trinajstić information content (AvgIpc) is 3.72. The number of ketones is 3. The molecule has 1 unspecified atom stereocenters. The molecule has 3 fully saturated rings. The summed E-state index contributed by atoms with van der Waals surface area (Å²) in [4.78, 5) is 67.3. The third-order valence-corrected chi connectivity index (χ3v) is 12.0. The Morgan fingerprint density at radius 2 is 1.76 bits per heavy atom. The SMILES string of the molecule is CCC[C@H](CC(=O)[C@@H]1C[C@@H](Oc2ccc(Cl)cn2)CN1C(=O)[C@@H](CC(=O)[C@@H](Nc1nc2ccccc2o1)C1CCCCC1)C(C)(C)C)C(O)C(=O)CC1CC1. The molecule has 2 N–H and O–H groups in total. The highest BCUT2D eigenvalue weighted by molar-refractivity contribution is 6.30. The number of amides is 1. The highest BCUT2D eigenvalue weighted by Crippen LogP contribution is 2.38. The highest BCUT2D eigenvalue weighted by atomic mass is 35.5. The quantitative estimate of drug-likeness (QED) is 0.130. The number of halogens is 1. The summed E-state index contributed by atoms with van der Waals surface area (Å²) in [5.41, 5.74) is 0.680. The van der Waals surface area contributed by atoms with Crippen molar-refractivity contribution in [1.29, 1.82) is 0 Å². The molecule has 1 aromatic carbocycles. The number of carbonyl (C=O) groups is 4. The number of aromatic nitrogens is 2. The minimum atomic E-state index is -1.23. The zero-order valence-corrected chi connectivity index (χ0v) is 33.4. The average molecular weight is 777 g/mol. The predicted octanol–water partition coefficient (Wildman–Crippen LogP) is 8.01. The van der Waals surface area contributed by atoms with Gasteiger partial charge in [0.15, 0.2) is 22.9 Å². The molecule has 2 saturated carbocycles. The Hall–Kier alpha value is -3.83. The number of likely N-dealkylation sites (tertiary alicyclic amines) is 1. The van der Waals surface area contributed by atoms with Crippen LogP contribution in [0.25, 0.3) is 11.1 Å². The van der Waals surface area contributed by atoms with Crippen LogP contribution in [0.3, 0.4) is 0 Å². The van der Waals surface area contributed by atoms with Crippen LogP contribution in [-0.4, -0.2) is 74.1 Å².